The topological polar surface area (TPSA) is 52.6 Å². The number of rotatable bonds is 4. The van der Waals surface area contributed by atoms with Crippen molar-refractivity contribution in [2.75, 3.05) is 14.2 Å². The molecular formula is C12H12ClFO4. The molecule has 1 aromatic carbocycles. The van der Waals surface area contributed by atoms with Crippen LogP contribution in [0.15, 0.2) is 24.3 Å². The summed E-state index contributed by atoms with van der Waals surface area (Å²) in [7, 11) is 2.34. The quantitative estimate of drug-likeness (QED) is 0.621. The maximum atomic E-state index is 12.8. The summed E-state index contributed by atoms with van der Waals surface area (Å²) in [6.07, 6.45) is 0. The molecule has 0 saturated carbocycles. The first-order valence-corrected chi connectivity index (χ1v) is 5.50. The summed E-state index contributed by atoms with van der Waals surface area (Å²) in [4.78, 5) is 23.0. The number of halogens is 2. The monoisotopic (exact) mass is 274 g/mol. The number of carbonyl (C=O) groups is 2. The molecule has 0 aliphatic rings. The van der Waals surface area contributed by atoms with Gasteiger partial charge in [0.2, 0.25) is 0 Å². The first-order chi connectivity index (χ1) is 8.51. The molecule has 0 heterocycles. The Balaban J connectivity index is 3.09. The summed E-state index contributed by atoms with van der Waals surface area (Å²) in [5.74, 6) is -2.93. The normalized spacial score (nSPS) is 13.6. The van der Waals surface area contributed by atoms with E-state index >= 15 is 0 Å². The largest absolute Gasteiger partial charge is 0.468 e. The van der Waals surface area contributed by atoms with Crippen molar-refractivity contribution >= 4 is 23.5 Å². The summed E-state index contributed by atoms with van der Waals surface area (Å²) in [5, 5.41) is -1.23. The van der Waals surface area contributed by atoms with Crippen molar-refractivity contribution in [1.29, 1.82) is 0 Å². The van der Waals surface area contributed by atoms with E-state index in [0.717, 1.165) is 7.11 Å². The van der Waals surface area contributed by atoms with Crippen molar-refractivity contribution in [1.82, 2.24) is 0 Å². The van der Waals surface area contributed by atoms with Gasteiger partial charge in [0.1, 0.15) is 17.1 Å². The van der Waals surface area contributed by atoms with E-state index < -0.39 is 29.1 Å². The van der Waals surface area contributed by atoms with Crippen molar-refractivity contribution in [3.05, 3.63) is 35.6 Å². The van der Waals surface area contributed by atoms with Gasteiger partial charge in [-0.3, -0.25) is 9.59 Å². The van der Waals surface area contributed by atoms with Crippen LogP contribution in [0.25, 0.3) is 0 Å². The van der Waals surface area contributed by atoms with E-state index in [9.17, 15) is 14.0 Å². The molecule has 0 fully saturated rings. The van der Waals surface area contributed by atoms with Gasteiger partial charge in [-0.25, -0.2) is 4.39 Å². The highest BCUT2D eigenvalue weighted by Crippen LogP contribution is 2.26. The maximum Gasteiger partial charge on any atom is 0.325 e. The highest BCUT2D eigenvalue weighted by molar-refractivity contribution is 6.32. The lowest BCUT2D eigenvalue weighted by Gasteiger charge is -2.18. The molecule has 6 heteroatoms. The summed E-state index contributed by atoms with van der Waals surface area (Å²) >= 11 is 5.88. The van der Waals surface area contributed by atoms with Crippen molar-refractivity contribution in [2.45, 2.75) is 11.3 Å². The number of ether oxygens (including phenoxy) is 2. The number of methoxy groups -OCH3 is 2. The number of hydrogen-bond donors (Lipinski definition) is 0. The Morgan fingerprint density at radius 3 is 2.06 bits per heavy atom. The first-order valence-electron chi connectivity index (χ1n) is 5.06. The van der Waals surface area contributed by atoms with Gasteiger partial charge >= 0.3 is 11.9 Å². The Labute approximate surface area is 109 Å². The second-order valence-electron chi connectivity index (χ2n) is 3.48. The van der Waals surface area contributed by atoms with Crippen LogP contribution in [-0.4, -0.2) is 31.5 Å². The third-order valence-electron chi connectivity index (χ3n) is 2.40. The van der Waals surface area contributed by atoms with Gasteiger partial charge in [-0.2, -0.15) is 0 Å². The van der Waals surface area contributed by atoms with Gasteiger partial charge in [-0.1, -0.05) is 12.1 Å². The van der Waals surface area contributed by atoms with E-state index in [0.29, 0.717) is 5.56 Å². The molecule has 0 spiro atoms. The van der Waals surface area contributed by atoms with Crippen LogP contribution < -0.4 is 0 Å². The van der Waals surface area contributed by atoms with Gasteiger partial charge in [0.05, 0.1) is 14.2 Å². The molecule has 0 aromatic heterocycles. The van der Waals surface area contributed by atoms with Crippen LogP contribution in [0.4, 0.5) is 4.39 Å². The Morgan fingerprint density at radius 2 is 1.61 bits per heavy atom. The molecular weight excluding hydrogens is 263 g/mol. The van der Waals surface area contributed by atoms with Crippen LogP contribution in [0.5, 0.6) is 0 Å². The Kier molecular flexibility index (Phi) is 5.09. The lowest BCUT2D eigenvalue weighted by atomic mass is 9.95. The van der Waals surface area contributed by atoms with Crippen molar-refractivity contribution in [3.8, 4) is 0 Å². The van der Waals surface area contributed by atoms with Gasteiger partial charge < -0.3 is 9.47 Å². The van der Waals surface area contributed by atoms with E-state index in [1.165, 1.54) is 31.4 Å². The number of alkyl halides is 1. The molecule has 0 amide bonds. The third kappa shape index (κ3) is 3.20. The smallest absolute Gasteiger partial charge is 0.325 e. The zero-order valence-electron chi connectivity index (χ0n) is 9.85. The van der Waals surface area contributed by atoms with Crippen molar-refractivity contribution < 1.29 is 23.5 Å². The van der Waals surface area contributed by atoms with Crippen LogP contribution >= 0.6 is 11.6 Å². The minimum absolute atomic E-state index is 0.383. The van der Waals surface area contributed by atoms with Crippen LogP contribution in [0.3, 0.4) is 0 Å². The summed E-state index contributed by atoms with van der Waals surface area (Å²) in [6, 6.07) is 5.09. The van der Waals surface area contributed by atoms with E-state index in [-0.39, 0.29) is 0 Å². The summed E-state index contributed by atoms with van der Waals surface area (Å²) in [6.45, 7) is 0. The van der Waals surface area contributed by atoms with Gasteiger partial charge in [-0.05, 0) is 17.7 Å². The number of benzene rings is 1. The average Bonchev–Trinajstić information content (AvgIpc) is 2.39. The van der Waals surface area contributed by atoms with E-state index in [1.807, 2.05) is 0 Å². The minimum Gasteiger partial charge on any atom is -0.468 e. The molecule has 18 heavy (non-hydrogen) atoms. The molecule has 2 atom stereocenters. The zero-order valence-corrected chi connectivity index (χ0v) is 10.6. The molecule has 98 valence electrons. The standard InChI is InChI=1S/C12H12ClFO4/c1-17-11(15)9(10(13)12(16)18-2)7-3-5-8(14)6-4-7/h3-6,9-10H,1-2H3. The second kappa shape index (κ2) is 6.35. The Morgan fingerprint density at radius 1 is 1.11 bits per heavy atom. The zero-order chi connectivity index (χ0) is 13.7. The van der Waals surface area contributed by atoms with E-state index in [4.69, 9.17) is 11.6 Å². The molecule has 1 aromatic rings. The Hall–Kier alpha value is -1.62. The molecule has 2 unspecified atom stereocenters. The van der Waals surface area contributed by atoms with Crippen LogP contribution in [-0.2, 0) is 19.1 Å². The van der Waals surface area contributed by atoms with Gasteiger partial charge in [-0.15, -0.1) is 11.6 Å². The molecule has 0 saturated heterocycles. The fraction of sp³-hybridized carbons (Fsp3) is 0.333. The minimum atomic E-state index is -1.23. The average molecular weight is 275 g/mol. The molecule has 0 N–H and O–H groups in total. The van der Waals surface area contributed by atoms with Crippen molar-refractivity contribution in [2.24, 2.45) is 0 Å². The fourth-order valence-electron chi connectivity index (χ4n) is 1.47. The van der Waals surface area contributed by atoms with Gasteiger partial charge in [0.15, 0.2) is 0 Å². The lowest BCUT2D eigenvalue weighted by Crippen LogP contribution is -2.30. The molecule has 4 nitrogen and oxygen atoms in total. The van der Waals surface area contributed by atoms with E-state index in [1.54, 1.807) is 0 Å². The van der Waals surface area contributed by atoms with Crippen LogP contribution in [0.1, 0.15) is 11.5 Å². The molecule has 0 aliphatic heterocycles. The number of carbonyl (C=O) groups excluding carboxylic acids is 2. The first kappa shape index (κ1) is 14.4. The molecule has 0 bridgehead atoms. The molecule has 0 aliphatic carbocycles. The predicted octanol–water partition coefficient (Wildman–Crippen LogP) is 1.86. The van der Waals surface area contributed by atoms with Gasteiger partial charge in [0.25, 0.3) is 0 Å². The SMILES string of the molecule is COC(=O)C(Cl)C(C(=O)OC)c1ccc(F)cc1. The van der Waals surface area contributed by atoms with E-state index in [2.05, 4.69) is 9.47 Å². The van der Waals surface area contributed by atoms with Crippen LogP contribution in [0, 0.1) is 5.82 Å². The highest BCUT2D eigenvalue weighted by atomic mass is 35.5. The summed E-state index contributed by atoms with van der Waals surface area (Å²) in [5.41, 5.74) is 0.383. The Bertz CT molecular complexity index is 432. The molecule has 0 radical (unpaired) electrons. The van der Waals surface area contributed by atoms with Crippen molar-refractivity contribution in [3.63, 3.8) is 0 Å². The second-order valence-corrected chi connectivity index (χ2v) is 3.95. The van der Waals surface area contributed by atoms with Crippen LogP contribution in [0.2, 0.25) is 0 Å². The predicted molar refractivity (Wildman–Crippen MR) is 62.8 cm³/mol. The highest BCUT2D eigenvalue weighted by Gasteiger charge is 2.35. The molecule has 1 rings (SSSR count). The maximum absolute atomic E-state index is 12.8. The third-order valence-corrected chi connectivity index (χ3v) is 2.83. The van der Waals surface area contributed by atoms with Gasteiger partial charge in [0, 0.05) is 0 Å². The fourth-order valence-corrected chi connectivity index (χ4v) is 1.81. The number of esters is 2. The summed E-state index contributed by atoms with van der Waals surface area (Å²) < 4.78 is 21.9. The number of hydrogen-bond acceptors (Lipinski definition) is 4. The lowest BCUT2D eigenvalue weighted by molar-refractivity contribution is -0.148.